The molecule has 11 heteroatoms. The number of hydrogen-bond donors (Lipinski definition) is 2. The number of amides is 1. The molecule has 32 heavy (non-hydrogen) atoms. The third-order valence-electron chi connectivity index (χ3n) is 4.99. The zero-order valence-corrected chi connectivity index (χ0v) is 19.2. The number of alkyl carbamates (subject to hydrolysis) is 1. The summed E-state index contributed by atoms with van der Waals surface area (Å²) < 4.78 is 19.3. The fourth-order valence-corrected chi connectivity index (χ4v) is 3.07. The van der Waals surface area contributed by atoms with Gasteiger partial charge in [-0.3, -0.25) is 19.7 Å². The Morgan fingerprint density at radius 3 is 2.16 bits per heavy atom. The molecule has 0 aliphatic rings. The van der Waals surface area contributed by atoms with Gasteiger partial charge < -0.3 is 24.1 Å². The second-order valence-corrected chi connectivity index (χ2v) is 7.78. The average Bonchev–Trinajstić information content (AvgIpc) is 2.73. The first-order valence-electron chi connectivity index (χ1n) is 10.1. The Morgan fingerprint density at radius 1 is 1.03 bits per heavy atom. The molecule has 0 rings (SSSR count). The zero-order chi connectivity index (χ0) is 24.9. The summed E-state index contributed by atoms with van der Waals surface area (Å²) in [6.07, 6.45) is -0.00897. The van der Waals surface area contributed by atoms with E-state index in [0.717, 1.165) is 6.08 Å². The van der Waals surface area contributed by atoms with Crippen molar-refractivity contribution in [2.45, 2.75) is 53.9 Å². The van der Waals surface area contributed by atoms with E-state index in [0.29, 0.717) is 0 Å². The van der Waals surface area contributed by atoms with Crippen LogP contribution in [0.3, 0.4) is 0 Å². The van der Waals surface area contributed by atoms with Crippen LogP contribution in [0.2, 0.25) is 0 Å². The van der Waals surface area contributed by atoms with Crippen molar-refractivity contribution < 1.29 is 48.0 Å². The molecule has 0 heterocycles. The number of rotatable bonds is 14. The second kappa shape index (κ2) is 13.3. The highest BCUT2D eigenvalue weighted by Gasteiger charge is 2.46. The van der Waals surface area contributed by atoms with Gasteiger partial charge >= 0.3 is 30.0 Å². The molecule has 2 N–H and O–H groups in total. The summed E-state index contributed by atoms with van der Waals surface area (Å²) in [5, 5.41) is 11.7. The standard InChI is InChI=1S/C21H33NO10/c1-7-15(23)30-12-22-19(28)32-13-31-18(27)21(6,10-14(4)16(24)29-9-3)11-20(5,8-2)17(25)26/h7,14H,1,8-13H2,2-6H3,(H,22,28)(H,25,26). The van der Waals surface area contributed by atoms with Gasteiger partial charge in [0.1, 0.15) is 0 Å². The van der Waals surface area contributed by atoms with Crippen LogP contribution in [0.15, 0.2) is 12.7 Å². The van der Waals surface area contributed by atoms with E-state index in [2.05, 4.69) is 16.6 Å². The minimum atomic E-state index is -1.38. The topological polar surface area (TPSA) is 155 Å². The van der Waals surface area contributed by atoms with Crippen LogP contribution in [-0.2, 0) is 38.1 Å². The Balaban J connectivity index is 5.20. The molecule has 0 aromatic rings. The molecule has 1 amide bonds. The quantitative estimate of drug-likeness (QED) is 0.171. The highest BCUT2D eigenvalue weighted by atomic mass is 16.7. The molecular formula is C21H33NO10. The molecule has 3 atom stereocenters. The van der Waals surface area contributed by atoms with Crippen molar-refractivity contribution in [3.05, 3.63) is 12.7 Å². The first-order chi connectivity index (χ1) is 14.8. The van der Waals surface area contributed by atoms with Crippen molar-refractivity contribution >= 4 is 30.0 Å². The van der Waals surface area contributed by atoms with E-state index in [4.69, 9.17) is 14.2 Å². The number of ether oxygens (including phenoxy) is 4. The molecule has 0 aromatic heterocycles. The van der Waals surface area contributed by atoms with Gasteiger partial charge in [0.25, 0.3) is 0 Å². The molecule has 0 radical (unpaired) electrons. The lowest BCUT2D eigenvalue weighted by Crippen LogP contribution is -2.41. The first-order valence-corrected chi connectivity index (χ1v) is 10.1. The second-order valence-electron chi connectivity index (χ2n) is 7.78. The minimum Gasteiger partial charge on any atom is -0.481 e. The average molecular weight is 459 g/mol. The Hall–Kier alpha value is -3.11. The van der Waals surface area contributed by atoms with Gasteiger partial charge in [-0.25, -0.2) is 9.59 Å². The van der Waals surface area contributed by atoms with Gasteiger partial charge in [-0.15, -0.1) is 0 Å². The van der Waals surface area contributed by atoms with Gasteiger partial charge in [-0.1, -0.05) is 20.4 Å². The van der Waals surface area contributed by atoms with Gasteiger partial charge in [0.15, 0.2) is 6.73 Å². The summed E-state index contributed by atoms with van der Waals surface area (Å²) in [4.78, 5) is 59.2. The van der Waals surface area contributed by atoms with Crippen molar-refractivity contribution in [3.63, 3.8) is 0 Å². The number of aliphatic carboxylic acids is 1. The van der Waals surface area contributed by atoms with Gasteiger partial charge in [-0.05, 0) is 40.0 Å². The van der Waals surface area contributed by atoms with Crippen LogP contribution in [0.4, 0.5) is 4.79 Å². The van der Waals surface area contributed by atoms with Crippen molar-refractivity contribution in [2.75, 3.05) is 20.1 Å². The SMILES string of the molecule is C=CC(=O)OCNC(=O)OCOC(=O)C(C)(CC(C)C(=O)OCC)CC(C)(CC)C(=O)O. The van der Waals surface area contributed by atoms with Crippen LogP contribution < -0.4 is 5.32 Å². The lowest BCUT2D eigenvalue weighted by molar-refractivity contribution is -0.170. The van der Waals surface area contributed by atoms with E-state index in [9.17, 15) is 29.1 Å². The number of carbonyl (C=O) groups excluding carboxylic acids is 4. The lowest BCUT2D eigenvalue weighted by Gasteiger charge is -2.36. The summed E-state index contributed by atoms with van der Waals surface area (Å²) >= 11 is 0. The number of carboxylic acids is 1. The van der Waals surface area contributed by atoms with Crippen LogP contribution in [0.5, 0.6) is 0 Å². The number of carboxylic acid groups (broad SMARTS) is 1. The normalized spacial score (nSPS) is 15.2. The first kappa shape index (κ1) is 28.9. The third-order valence-corrected chi connectivity index (χ3v) is 4.99. The van der Waals surface area contributed by atoms with Crippen molar-refractivity contribution in [1.29, 1.82) is 0 Å². The maximum Gasteiger partial charge on any atom is 0.412 e. The summed E-state index contributed by atoms with van der Waals surface area (Å²) in [5.74, 6) is -3.90. The molecule has 0 aromatic carbocycles. The van der Waals surface area contributed by atoms with Crippen LogP contribution in [-0.4, -0.2) is 55.2 Å². The molecule has 3 unspecified atom stereocenters. The molecule has 182 valence electrons. The lowest BCUT2D eigenvalue weighted by atomic mass is 9.68. The van der Waals surface area contributed by atoms with E-state index in [1.165, 1.54) is 13.8 Å². The molecule has 0 aliphatic heterocycles. The zero-order valence-electron chi connectivity index (χ0n) is 19.2. The van der Waals surface area contributed by atoms with E-state index in [1.807, 2.05) is 0 Å². The van der Waals surface area contributed by atoms with Crippen molar-refractivity contribution in [2.24, 2.45) is 16.7 Å². The van der Waals surface area contributed by atoms with E-state index in [-0.39, 0.29) is 25.9 Å². The van der Waals surface area contributed by atoms with Gasteiger partial charge in [0.05, 0.1) is 23.4 Å². The number of hydrogen-bond acceptors (Lipinski definition) is 9. The Kier molecular flexibility index (Phi) is 12.0. The highest BCUT2D eigenvalue weighted by Crippen LogP contribution is 2.42. The molecule has 11 nitrogen and oxygen atoms in total. The van der Waals surface area contributed by atoms with Gasteiger partial charge in [0, 0.05) is 6.08 Å². The Morgan fingerprint density at radius 2 is 1.66 bits per heavy atom. The summed E-state index contributed by atoms with van der Waals surface area (Å²) in [6.45, 7) is 10.0. The largest absolute Gasteiger partial charge is 0.481 e. The van der Waals surface area contributed by atoms with Crippen molar-refractivity contribution in [1.82, 2.24) is 5.32 Å². The fourth-order valence-electron chi connectivity index (χ4n) is 3.07. The molecule has 0 saturated carbocycles. The fraction of sp³-hybridized carbons (Fsp3) is 0.667. The molecule has 0 saturated heterocycles. The Labute approximate surface area is 187 Å². The summed E-state index contributed by atoms with van der Waals surface area (Å²) in [5.41, 5.74) is -2.63. The Bertz CT molecular complexity index is 707. The van der Waals surface area contributed by atoms with Gasteiger partial charge in [0.2, 0.25) is 6.79 Å². The molecule has 0 aliphatic carbocycles. The molecule has 0 bridgehead atoms. The van der Waals surface area contributed by atoms with Crippen LogP contribution >= 0.6 is 0 Å². The molecule has 0 fully saturated rings. The van der Waals surface area contributed by atoms with Crippen LogP contribution in [0, 0.1) is 16.7 Å². The van der Waals surface area contributed by atoms with E-state index < -0.39 is 60.2 Å². The number of nitrogens with one attached hydrogen (secondary N) is 1. The summed E-state index contributed by atoms with van der Waals surface area (Å²) in [7, 11) is 0. The number of carbonyl (C=O) groups is 5. The smallest absolute Gasteiger partial charge is 0.412 e. The van der Waals surface area contributed by atoms with Crippen LogP contribution in [0.1, 0.15) is 53.9 Å². The summed E-state index contributed by atoms with van der Waals surface area (Å²) in [6, 6.07) is 0. The highest BCUT2D eigenvalue weighted by molar-refractivity contribution is 5.82. The number of esters is 3. The molecule has 0 spiro atoms. The maximum absolute atomic E-state index is 12.9. The predicted molar refractivity (Wildman–Crippen MR) is 111 cm³/mol. The monoisotopic (exact) mass is 459 g/mol. The van der Waals surface area contributed by atoms with E-state index in [1.54, 1.807) is 20.8 Å². The van der Waals surface area contributed by atoms with Gasteiger partial charge in [-0.2, -0.15) is 0 Å². The molecular weight excluding hydrogens is 426 g/mol. The van der Waals surface area contributed by atoms with E-state index >= 15 is 0 Å². The maximum atomic E-state index is 12.9. The minimum absolute atomic E-state index is 0.0305. The van der Waals surface area contributed by atoms with Crippen molar-refractivity contribution in [3.8, 4) is 0 Å². The predicted octanol–water partition coefficient (Wildman–Crippen LogP) is 2.39. The van der Waals surface area contributed by atoms with Crippen LogP contribution in [0.25, 0.3) is 0 Å². The third kappa shape index (κ3) is 9.36.